The summed E-state index contributed by atoms with van der Waals surface area (Å²) in [5.41, 5.74) is 2.90. The third-order valence-corrected chi connectivity index (χ3v) is 4.22. The number of carbonyl (C=O) groups excluding carboxylic acids is 1. The summed E-state index contributed by atoms with van der Waals surface area (Å²) >= 11 is 5.42. The predicted molar refractivity (Wildman–Crippen MR) is 90.0 cm³/mol. The van der Waals surface area contributed by atoms with Gasteiger partial charge in [0.25, 0.3) is 0 Å². The van der Waals surface area contributed by atoms with Gasteiger partial charge >= 0.3 is 0 Å². The van der Waals surface area contributed by atoms with Gasteiger partial charge in [0.05, 0.1) is 16.6 Å². The zero-order chi connectivity index (χ0) is 15.7. The van der Waals surface area contributed by atoms with E-state index in [4.69, 9.17) is 17.5 Å². The van der Waals surface area contributed by atoms with Crippen molar-refractivity contribution in [1.82, 2.24) is 0 Å². The number of nitrogens with one attached hydrogen (secondary N) is 1. The van der Waals surface area contributed by atoms with Crippen LogP contribution in [0.5, 0.6) is 0 Å². The number of hydrogen-bond acceptors (Lipinski definition) is 3. The Morgan fingerprint density at radius 3 is 2.68 bits per heavy atom. The number of amides is 1. The van der Waals surface area contributed by atoms with Gasteiger partial charge in [-0.3, -0.25) is 4.79 Å². The highest BCUT2D eigenvalue weighted by Crippen LogP contribution is 2.38. The second kappa shape index (κ2) is 5.58. The minimum absolute atomic E-state index is 0.183. The molecule has 1 unspecified atom stereocenters. The third kappa shape index (κ3) is 2.34. The number of thiocarbonyl (C=S) groups is 1. The molecule has 4 nitrogen and oxygen atoms in total. The SMILES string of the molecule is CN1C(=S)C(C(=O)Nc2ccccc2)c2cc(C#N)ccc21. The fraction of sp³-hybridized carbons (Fsp3) is 0.118. The summed E-state index contributed by atoms with van der Waals surface area (Å²) < 4.78 is 0. The average Bonchev–Trinajstić information content (AvgIpc) is 2.79. The van der Waals surface area contributed by atoms with Gasteiger partial charge in [-0.05, 0) is 35.9 Å². The number of carbonyl (C=O) groups is 1. The van der Waals surface area contributed by atoms with Crippen molar-refractivity contribution < 1.29 is 4.79 Å². The van der Waals surface area contributed by atoms with Crippen molar-refractivity contribution in [3.63, 3.8) is 0 Å². The van der Waals surface area contributed by atoms with Gasteiger partial charge in [-0.25, -0.2) is 0 Å². The van der Waals surface area contributed by atoms with Crippen molar-refractivity contribution in [3.8, 4) is 6.07 Å². The molecule has 2 aromatic carbocycles. The van der Waals surface area contributed by atoms with Gasteiger partial charge in [-0.2, -0.15) is 5.26 Å². The van der Waals surface area contributed by atoms with Crippen molar-refractivity contribution in [3.05, 3.63) is 59.7 Å². The first-order chi connectivity index (χ1) is 10.6. The van der Waals surface area contributed by atoms with Crippen LogP contribution in [0.2, 0.25) is 0 Å². The van der Waals surface area contributed by atoms with Crippen molar-refractivity contribution >= 4 is 34.5 Å². The lowest BCUT2D eigenvalue weighted by molar-refractivity contribution is -0.116. The highest BCUT2D eigenvalue weighted by molar-refractivity contribution is 7.80. The Bertz CT molecular complexity index is 795. The number of hydrogen-bond donors (Lipinski definition) is 1. The fourth-order valence-electron chi connectivity index (χ4n) is 2.60. The van der Waals surface area contributed by atoms with E-state index in [0.717, 1.165) is 16.9 Å². The first-order valence-corrected chi connectivity index (χ1v) is 7.20. The highest BCUT2D eigenvalue weighted by Gasteiger charge is 2.37. The summed E-state index contributed by atoms with van der Waals surface area (Å²) in [6, 6.07) is 16.7. The third-order valence-electron chi connectivity index (χ3n) is 3.71. The van der Waals surface area contributed by atoms with Gasteiger partial charge in [-0.1, -0.05) is 30.4 Å². The van der Waals surface area contributed by atoms with Crippen LogP contribution < -0.4 is 10.2 Å². The molecule has 0 aromatic heterocycles. The van der Waals surface area contributed by atoms with Crippen molar-refractivity contribution in [1.29, 1.82) is 5.26 Å². The molecule has 0 saturated carbocycles. The monoisotopic (exact) mass is 307 g/mol. The van der Waals surface area contributed by atoms with Crippen LogP contribution in [-0.4, -0.2) is 17.9 Å². The molecule has 3 rings (SSSR count). The molecule has 22 heavy (non-hydrogen) atoms. The largest absolute Gasteiger partial charge is 0.338 e. The Hall–Kier alpha value is -2.71. The van der Waals surface area contributed by atoms with E-state index in [1.165, 1.54) is 0 Å². The minimum atomic E-state index is -0.552. The Morgan fingerprint density at radius 2 is 2.00 bits per heavy atom. The molecule has 0 radical (unpaired) electrons. The number of likely N-dealkylation sites (N-methyl/N-ethyl adjacent to an activating group) is 1. The van der Waals surface area contributed by atoms with E-state index in [9.17, 15) is 4.79 Å². The molecule has 0 aliphatic carbocycles. The maximum atomic E-state index is 12.6. The molecular weight excluding hydrogens is 294 g/mol. The summed E-state index contributed by atoms with van der Waals surface area (Å²) in [6.45, 7) is 0. The summed E-state index contributed by atoms with van der Waals surface area (Å²) in [7, 11) is 1.84. The zero-order valence-corrected chi connectivity index (χ0v) is 12.7. The highest BCUT2D eigenvalue weighted by atomic mass is 32.1. The van der Waals surface area contributed by atoms with Gasteiger partial charge in [-0.15, -0.1) is 0 Å². The molecule has 0 fully saturated rings. The van der Waals surface area contributed by atoms with E-state index in [1.807, 2.05) is 48.3 Å². The lowest BCUT2D eigenvalue weighted by Crippen LogP contribution is -2.30. The van der Waals surface area contributed by atoms with Crippen molar-refractivity contribution in [2.45, 2.75) is 5.92 Å². The molecule has 5 heteroatoms. The van der Waals surface area contributed by atoms with Gasteiger partial charge in [0, 0.05) is 18.4 Å². The molecule has 1 heterocycles. The minimum Gasteiger partial charge on any atom is -0.338 e. The number of rotatable bonds is 2. The van der Waals surface area contributed by atoms with E-state index < -0.39 is 5.92 Å². The Labute approximate surface area is 134 Å². The van der Waals surface area contributed by atoms with Crippen LogP contribution in [0.3, 0.4) is 0 Å². The number of nitriles is 1. The van der Waals surface area contributed by atoms with Gasteiger partial charge < -0.3 is 10.2 Å². The number of nitrogens with zero attached hydrogens (tertiary/aromatic N) is 2. The normalized spacial score (nSPS) is 16.1. The Kier molecular flexibility index (Phi) is 3.61. The van der Waals surface area contributed by atoms with E-state index in [-0.39, 0.29) is 5.91 Å². The van der Waals surface area contributed by atoms with Crippen LogP contribution in [0.25, 0.3) is 0 Å². The maximum Gasteiger partial charge on any atom is 0.238 e. The first-order valence-electron chi connectivity index (χ1n) is 6.79. The molecule has 0 bridgehead atoms. The van der Waals surface area contributed by atoms with Crippen molar-refractivity contribution in [2.75, 3.05) is 17.3 Å². The predicted octanol–water partition coefficient (Wildman–Crippen LogP) is 3.06. The molecular formula is C17H13N3OS. The second-order valence-corrected chi connectivity index (χ2v) is 5.49. The Balaban J connectivity index is 1.96. The summed E-state index contributed by atoms with van der Waals surface area (Å²) in [6.07, 6.45) is 0. The molecule has 1 amide bonds. The number of fused-ring (bicyclic) bond motifs is 1. The fourth-order valence-corrected chi connectivity index (χ4v) is 2.93. The average molecular weight is 307 g/mol. The molecule has 1 aliphatic heterocycles. The van der Waals surface area contributed by atoms with E-state index in [2.05, 4.69) is 11.4 Å². The van der Waals surface area contributed by atoms with Crippen LogP contribution in [-0.2, 0) is 4.79 Å². The number of benzene rings is 2. The van der Waals surface area contributed by atoms with Crippen LogP contribution in [0.15, 0.2) is 48.5 Å². The number of anilines is 2. The topological polar surface area (TPSA) is 56.1 Å². The lowest BCUT2D eigenvalue weighted by Gasteiger charge is -2.14. The van der Waals surface area contributed by atoms with Crippen LogP contribution >= 0.6 is 12.2 Å². The summed E-state index contributed by atoms with van der Waals surface area (Å²) in [5, 5.41) is 11.9. The van der Waals surface area contributed by atoms with Gasteiger partial charge in [0.1, 0.15) is 5.92 Å². The summed E-state index contributed by atoms with van der Waals surface area (Å²) in [5.74, 6) is -0.736. The van der Waals surface area contributed by atoms with Gasteiger partial charge in [0.15, 0.2) is 0 Å². The van der Waals surface area contributed by atoms with Crippen LogP contribution in [0.4, 0.5) is 11.4 Å². The van der Waals surface area contributed by atoms with Crippen LogP contribution in [0, 0.1) is 11.3 Å². The molecule has 1 N–H and O–H groups in total. The number of para-hydroxylation sites is 1. The second-order valence-electron chi connectivity index (χ2n) is 5.07. The zero-order valence-electron chi connectivity index (χ0n) is 11.9. The standard InChI is InChI=1S/C17H13N3OS/c1-20-14-8-7-11(10-18)9-13(14)15(17(20)22)16(21)19-12-5-3-2-4-6-12/h2-9,15H,1H3,(H,19,21). The van der Waals surface area contributed by atoms with Gasteiger partial charge in [0.2, 0.25) is 5.91 Å². The molecule has 2 aromatic rings. The lowest BCUT2D eigenvalue weighted by atomic mass is 9.98. The van der Waals surface area contributed by atoms with Crippen molar-refractivity contribution in [2.24, 2.45) is 0 Å². The van der Waals surface area contributed by atoms with E-state index in [1.54, 1.807) is 12.1 Å². The Morgan fingerprint density at radius 1 is 1.27 bits per heavy atom. The first kappa shape index (κ1) is 14.2. The van der Waals surface area contributed by atoms with E-state index in [0.29, 0.717) is 10.6 Å². The maximum absolute atomic E-state index is 12.6. The molecule has 1 aliphatic rings. The smallest absolute Gasteiger partial charge is 0.238 e. The molecule has 108 valence electrons. The summed E-state index contributed by atoms with van der Waals surface area (Å²) in [4.78, 5) is 15.0. The quantitative estimate of drug-likeness (QED) is 0.866. The molecule has 1 atom stereocenters. The molecule has 0 spiro atoms. The molecule has 0 saturated heterocycles. The van der Waals surface area contributed by atoms with E-state index >= 15 is 0 Å². The van der Waals surface area contributed by atoms with Crippen LogP contribution in [0.1, 0.15) is 17.0 Å².